The maximum Gasteiger partial charge on any atom is 0.180 e. The summed E-state index contributed by atoms with van der Waals surface area (Å²) in [6, 6.07) is 3.62. The van der Waals surface area contributed by atoms with Gasteiger partial charge in [0.1, 0.15) is 5.69 Å². The lowest BCUT2D eigenvalue weighted by Gasteiger charge is -2.37. The predicted octanol–water partition coefficient (Wildman–Crippen LogP) is 0.855. The van der Waals surface area contributed by atoms with E-state index in [1.165, 1.54) is 0 Å². The molecule has 0 radical (unpaired) electrons. The molecule has 0 amide bonds. The zero-order valence-corrected chi connectivity index (χ0v) is 8.68. The minimum absolute atomic E-state index is 0.0604. The molecule has 2 heterocycles. The number of hydrogen-bond acceptors (Lipinski definition) is 4. The van der Waals surface area contributed by atoms with E-state index in [9.17, 15) is 4.79 Å². The Bertz CT molecular complexity index is 355. The smallest absolute Gasteiger partial charge is 0.180 e. The fourth-order valence-corrected chi connectivity index (χ4v) is 1.59. The van der Waals surface area contributed by atoms with Gasteiger partial charge in [0.15, 0.2) is 5.78 Å². The zero-order valence-electron chi connectivity index (χ0n) is 8.68. The third-order valence-corrected chi connectivity index (χ3v) is 2.58. The van der Waals surface area contributed by atoms with Crippen LogP contribution in [0.1, 0.15) is 23.8 Å². The Morgan fingerprint density at radius 3 is 2.80 bits per heavy atom. The first-order valence-electron chi connectivity index (χ1n) is 5.13. The van der Waals surface area contributed by atoms with E-state index in [1.807, 2.05) is 17.9 Å². The van der Waals surface area contributed by atoms with Crippen LogP contribution in [0.15, 0.2) is 18.3 Å². The molecule has 0 unspecified atom stereocenters. The topological polar surface area (TPSA) is 53.4 Å². The average Bonchev–Trinajstić information content (AvgIpc) is 2.24. The van der Waals surface area contributed by atoms with E-state index in [1.54, 1.807) is 12.3 Å². The molecule has 1 aliphatic rings. The normalized spacial score (nSPS) is 16.3. The Balaban J connectivity index is 2.07. The largest absolute Gasteiger partial charge is 0.389 e. The lowest BCUT2D eigenvalue weighted by atomic mass is 10.1. The van der Waals surface area contributed by atoms with Crippen molar-refractivity contribution in [2.75, 3.05) is 18.0 Å². The van der Waals surface area contributed by atoms with Gasteiger partial charge in [0.05, 0.1) is 18.0 Å². The molecule has 1 aliphatic heterocycles. The summed E-state index contributed by atoms with van der Waals surface area (Å²) in [6.45, 7) is 3.13. The van der Waals surface area contributed by atoms with Crippen LogP contribution in [0.4, 0.5) is 5.69 Å². The molecule has 1 aromatic rings. The molecule has 0 aromatic carbocycles. The highest BCUT2D eigenvalue weighted by Crippen LogP contribution is 2.19. The fraction of sp³-hybridized carbons (Fsp3) is 0.455. The predicted molar refractivity (Wildman–Crippen MR) is 57.1 cm³/mol. The summed E-state index contributed by atoms with van der Waals surface area (Å²) in [7, 11) is 0. The minimum Gasteiger partial charge on any atom is -0.389 e. The van der Waals surface area contributed by atoms with E-state index in [0.717, 1.165) is 5.69 Å². The lowest BCUT2D eigenvalue weighted by molar-refractivity contribution is 0.0983. The number of nitrogens with zero attached hydrogens (tertiary/aromatic N) is 2. The third-order valence-electron chi connectivity index (χ3n) is 2.58. The van der Waals surface area contributed by atoms with E-state index in [0.29, 0.717) is 25.2 Å². The number of carbonyl (C=O) groups is 1. The maximum absolute atomic E-state index is 11.3. The second-order valence-electron chi connectivity index (χ2n) is 3.74. The van der Waals surface area contributed by atoms with Gasteiger partial charge >= 0.3 is 0 Å². The van der Waals surface area contributed by atoms with Gasteiger partial charge in [-0.15, -0.1) is 0 Å². The first kappa shape index (κ1) is 10.1. The van der Waals surface area contributed by atoms with Crippen molar-refractivity contribution in [1.29, 1.82) is 0 Å². The second-order valence-corrected chi connectivity index (χ2v) is 3.74. The van der Waals surface area contributed by atoms with Crippen LogP contribution in [0, 0.1) is 0 Å². The van der Waals surface area contributed by atoms with Gasteiger partial charge in [0.25, 0.3) is 0 Å². The van der Waals surface area contributed by atoms with Crippen molar-refractivity contribution in [3.63, 3.8) is 0 Å². The molecule has 1 fully saturated rings. The molecule has 0 spiro atoms. The summed E-state index contributed by atoms with van der Waals surface area (Å²) < 4.78 is 0. The van der Waals surface area contributed by atoms with Crippen LogP contribution in [0.25, 0.3) is 0 Å². The Morgan fingerprint density at radius 2 is 2.33 bits per heavy atom. The lowest BCUT2D eigenvalue weighted by Crippen LogP contribution is -2.50. The minimum atomic E-state index is -0.220. The van der Waals surface area contributed by atoms with E-state index in [4.69, 9.17) is 5.11 Å². The van der Waals surface area contributed by atoms with E-state index in [2.05, 4.69) is 4.98 Å². The van der Waals surface area contributed by atoms with Crippen molar-refractivity contribution >= 4 is 11.5 Å². The number of hydrogen-bond donors (Lipinski definition) is 1. The first-order valence-corrected chi connectivity index (χ1v) is 5.13. The Labute approximate surface area is 88.6 Å². The van der Waals surface area contributed by atoms with E-state index < -0.39 is 0 Å². The molecule has 0 atom stereocenters. The van der Waals surface area contributed by atoms with Crippen molar-refractivity contribution in [2.24, 2.45) is 0 Å². The number of Topliss-reactive ketones (excluding diaryl/α,β-unsaturated/α-hetero) is 1. The summed E-state index contributed by atoms with van der Waals surface area (Å²) in [4.78, 5) is 17.4. The number of anilines is 1. The molecule has 4 heteroatoms. The SMILES string of the molecule is CCC(=O)c1ccc(N2CC(O)C2)cn1. The van der Waals surface area contributed by atoms with Crippen LogP contribution < -0.4 is 4.90 Å². The Morgan fingerprint density at radius 1 is 1.60 bits per heavy atom. The number of rotatable bonds is 3. The highest BCUT2D eigenvalue weighted by Gasteiger charge is 2.24. The number of carbonyl (C=O) groups excluding carboxylic acids is 1. The monoisotopic (exact) mass is 206 g/mol. The van der Waals surface area contributed by atoms with Crippen molar-refractivity contribution in [3.8, 4) is 0 Å². The zero-order chi connectivity index (χ0) is 10.8. The van der Waals surface area contributed by atoms with Crippen LogP contribution in [-0.4, -0.2) is 35.1 Å². The molecule has 0 aliphatic carbocycles. The van der Waals surface area contributed by atoms with Crippen LogP contribution >= 0.6 is 0 Å². The van der Waals surface area contributed by atoms with Gasteiger partial charge in [-0.1, -0.05) is 6.92 Å². The highest BCUT2D eigenvalue weighted by atomic mass is 16.3. The number of aliphatic hydroxyl groups is 1. The molecule has 0 saturated carbocycles. The van der Waals surface area contributed by atoms with Gasteiger partial charge < -0.3 is 10.0 Å². The van der Waals surface area contributed by atoms with E-state index >= 15 is 0 Å². The molecule has 1 aromatic heterocycles. The fourth-order valence-electron chi connectivity index (χ4n) is 1.59. The van der Waals surface area contributed by atoms with Gasteiger partial charge in [0.2, 0.25) is 0 Å². The van der Waals surface area contributed by atoms with Crippen LogP contribution in [-0.2, 0) is 0 Å². The molecule has 80 valence electrons. The molecule has 0 bridgehead atoms. The molecule has 4 nitrogen and oxygen atoms in total. The summed E-state index contributed by atoms with van der Waals surface area (Å²) in [5, 5.41) is 9.14. The molecular formula is C11H14N2O2. The number of pyridine rings is 1. The molecule has 2 rings (SSSR count). The Hall–Kier alpha value is -1.42. The summed E-state index contributed by atoms with van der Waals surface area (Å²) >= 11 is 0. The van der Waals surface area contributed by atoms with Crippen LogP contribution in [0.2, 0.25) is 0 Å². The molecule has 15 heavy (non-hydrogen) atoms. The van der Waals surface area contributed by atoms with Crippen LogP contribution in [0.3, 0.4) is 0 Å². The van der Waals surface area contributed by atoms with Crippen LogP contribution in [0.5, 0.6) is 0 Å². The Kier molecular flexibility index (Phi) is 2.68. The van der Waals surface area contributed by atoms with Gasteiger partial charge in [-0.25, -0.2) is 0 Å². The first-order chi connectivity index (χ1) is 7.20. The molecular weight excluding hydrogens is 192 g/mol. The van der Waals surface area contributed by atoms with Gasteiger partial charge in [-0.3, -0.25) is 9.78 Å². The molecule has 1 saturated heterocycles. The standard InChI is InChI=1S/C11H14N2O2/c1-2-11(15)10-4-3-8(5-12-10)13-6-9(14)7-13/h3-5,9,14H,2,6-7H2,1H3. The third kappa shape index (κ3) is 1.99. The maximum atomic E-state index is 11.3. The summed E-state index contributed by atoms with van der Waals surface area (Å²) in [6.07, 6.45) is 1.95. The quantitative estimate of drug-likeness (QED) is 0.745. The number of ketones is 1. The van der Waals surface area contributed by atoms with E-state index in [-0.39, 0.29) is 11.9 Å². The average molecular weight is 206 g/mol. The van der Waals surface area contributed by atoms with Crippen molar-refractivity contribution in [2.45, 2.75) is 19.4 Å². The van der Waals surface area contributed by atoms with Gasteiger partial charge in [-0.2, -0.15) is 0 Å². The summed E-state index contributed by atoms with van der Waals surface area (Å²) in [5.74, 6) is 0.0604. The number of β-amino-alcohol motifs (C(OH)–C–C–N with tert-alkyl or cyclic N) is 1. The van der Waals surface area contributed by atoms with Crippen molar-refractivity contribution < 1.29 is 9.90 Å². The van der Waals surface area contributed by atoms with Gasteiger partial charge in [-0.05, 0) is 12.1 Å². The van der Waals surface area contributed by atoms with Crippen molar-refractivity contribution in [1.82, 2.24) is 4.98 Å². The summed E-state index contributed by atoms with van der Waals surface area (Å²) in [5.41, 5.74) is 1.48. The highest BCUT2D eigenvalue weighted by molar-refractivity contribution is 5.94. The number of aliphatic hydroxyl groups excluding tert-OH is 1. The molecule has 1 N–H and O–H groups in total. The second kappa shape index (κ2) is 3.98. The van der Waals surface area contributed by atoms with Gasteiger partial charge in [0, 0.05) is 19.5 Å². The number of aromatic nitrogens is 1. The van der Waals surface area contributed by atoms with Crippen molar-refractivity contribution in [3.05, 3.63) is 24.0 Å².